The molecule has 0 N–H and O–H groups in total. The summed E-state index contributed by atoms with van der Waals surface area (Å²) in [5, 5.41) is 0. The molecule has 1 amide bonds. The van der Waals surface area contributed by atoms with Crippen LogP contribution in [0.25, 0.3) is 0 Å². The first-order valence-corrected chi connectivity index (χ1v) is 7.27. The van der Waals surface area contributed by atoms with Crippen molar-refractivity contribution in [2.45, 2.75) is 39.4 Å². The van der Waals surface area contributed by atoms with Crippen molar-refractivity contribution in [3.05, 3.63) is 29.8 Å². The summed E-state index contributed by atoms with van der Waals surface area (Å²) in [6.45, 7) is 8.01. The van der Waals surface area contributed by atoms with Crippen molar-refractivity contribution in [3.63, 3.8) is 0 Å². The Morgan fingerprint density at radius 2 is 2.05 bits per heavy atom. The molecule has 0 saturated carbocycles. The van der Waals surface area contributed by atoms with E-state index in [9.17, 15) is 4.79 Å². The molecule has 0 aromatic heterocycles. The summed E-state index contributed by atoms with van der Waals surface area (Å²) in [5.41, 5.74) is 0.680. The van der Waals surface area contributed by atoms with Gasteiger partial charge in [-0.15, -0.1) is 0 Å². The van der Waals surface area contributed by atoms with Crippen LogP contribution in [-0.4, -0.2) is 42.7 Å². The Balaban J connectivity index is 2.08. The van der Waals surface area contributed by atoms with Gasteiger partial charge in [-0.1, -0.05) is 13.0 Å². The number of morpholine rings is 1. The minimum atomic E-state index is 0.0500. The fraction of sp³-hybridized carbons (Fsp3) is 0.562. The van der Waals surface area contributed by atoms with Crippen molar-refractivity contribution in [2.75, 3.05) is 19.7 Å². The fourth-order valence-electron chi connectivity index (χ4n) is 2.47. The van der Waals surface area contributed by atoms with Crippen LogP contribution in [0.5, 0.6) is 5.75 Å². The Morgan fingerprint density at radius 3 is 2.70 bits per heavy atom. The van der Waals surface area contributed by atoms with Crippen molar-refractivity contribution in [1.82, 2.24) is 4.90 Å². The lowest BCUT2D eigenvalue weighted by Crippen LogP contribution is -2.48. The summed E-state index contributed by atoms with van der Waals surface area (Å²) < 4.78 is 11.2. The van der Waals surface area contributed by atoms with Gasteiger partial charge in [0.05, 0.1) is 18.8 Å². The Morgan fingerprint density at radius 1 is 1.35 bits per heavy atom. The van der Waals surface area contributed by atoms with Gasteiger partial charge in [-0.2, -0.15) is 0 Å². The van der Waals surface area contributed by atoms with Crippen LogP contribution in [0.4, 0.5) is 0 Å². The predicted octanol–water partition coefficient (Wildman–Crippen LogP) is 2.72. The lowest BCUT2D eigenvalue weighted by Gasteiger charge is -2.35. The van der Waals surface area contributed by atoms with E-state index >= 15 is 0 Å². The average Bonchev–Trinajstić information content (AvgIpc) is 2.43. The monoisotopic (exact) mass is 277 g/mol. The van der Waals surface area contributed by atoms with E-state index in [0.29, 0.717) is 25.3 Å². The molecule has 1 heterocycles. The molecule has 0 aliphatic carbocycles. The predicted molar refractivity (Wildman–Crippen MR) is 78.1 cm³/mol. The molecule has 0 radical (unpaired) electrons. The molecule has 0 bridgehead atoms. The van der Waals surface area contributed by atoms with E-state index in [1.807, 2.05) is 43.0 Å². The second-order valence-corrected chi connectivity index (χ2v) is 5.34. The average molecular weight is 277 g/mol. The first kappa shape index (κ1) is 14.9. The van der Waals surface area contributed by atoms with Crippen molar-refractivity contribution < 1.29 is 14.3 Å². The molecule has 0 unspecified atom stereocenters. The standard InChI is InChI=1S/C16H23NO3/c1-4-8-19-15-7-5-6-14(9-15)16(18)17-10-12(2)20-13(3)11-17/h5-7,9,12-13H,4,8,10-11H2,1-3H3/t12-,13+. The van der Waals surface area contributed by atoms with Crippen molar-refractivity contribution in [2.24, 2.45) is 0 Å². The zero-order valence-electron chi connectivity index (χ0n) is 12.5. The normalized spacial score (nSPS) is 22.6. The maximum Gasteiger partial charge on any atom is 0.254 e. The number of carbonyl (C=O) groups excluding carboxylic acids is 1. The first-order valence-electron chi connectivity index (χ1n) is 7.27. The highest BCUT2D eigenvalue weighted by Crippen LogP contribution is 2.18. The molecule has 1 aliphatic heterocycles. The molecule has 1 saturated heterocycles. The maximum atomic E-state index is 12.5. The third-order valence-corrected chi connectivity index (χ3v) is 3.26. The van der Waals surface area contributed by atoms with Gasteiger partial charge in [0, 0.05) is 18.7 Å². The van der Waals surface area contributed by atoms with E-state index in [4.69, 9.17) is 9.47 Å². The summed E-state index contributed by atoms with van der Waals surface area (Å²) >= 11 is 0. The van der Waals surface area contributed by atoms with Crippen LogP contribution >= 0.6 is 0 Å². The van der Waals surface area contributed by atoms with E-state index in [2.05, 4.69) is 6.92 Å². The second-order valence-electron chi connectivity index (χ2n) is 5.34. The smallest absolute Gasteiger partial charge is 0.254 e. The van der Waals surface area contributed by atoms with Gasteiger partial charge in [-0.3, -0.25) is 4.79 Å². The molecule has 4 heteroatoms. The zero-order chi connectivity index (χ0) is 14.5. The molecule has 2 atom stereocenters. The van der Waals surface area contributed by atoms with Crippen molar-refractivity contribution >= 4 is 5.91 Å². The van der Waals surface area contributed by atoms with E-state index in [1.165, 1.54) is 0 Å². The third-order valence-electron chi connectivity index (χ3n) is 3.26. The van der Waals surface area contributed by atoms with Crippen molar-refractivity contribution in [3.8, 4) is 5.75 Å². The summed E-state index contributed by atoms with van der Waals surface area (Å²) in [5.74, 6) is 0.806. The molecule has 0 spiro atoms. The maximum absolute atomic E-state index is 12.5. The highest BCUT2D eigenvalue weighted by molar-refractivity contribution is 5.94. The molecule has 1 fully saturated rings. The van der Waals surface area contributed by atoms with E-state index in [0.717, 1.165) is 12.2 Å². The van der Waals surface area contributed by atoms with E-state index in [1.54, 1.807) is 0 Å². The summed E-state index contributed by atoms with van der Waals surface area (Å²) in [6, 6.07) is 7.41. The highest BCUT2D eigenvalue weighted by atomic mass is 16.5. The van der Waals surface area contributed by atoms with Crippen LogP contribution in [0.2, 0.25) is 0 Å². The van der Waals surface area contributed by atoms with Gasteiger partial charge in [-0.25, -0.2) is 0 Å². The molecule has 4 nitrogen and oxygen atoms in total. The largest absolute Gasteiger partial charge is 0.494 e. The summed E-state index contributed by atoms with van der Waals surface area (Å²) in [7, 11) is 0. The van der Waals surface area contributed by atoms with Gasteiger partial charge in [-0.05, 0) is 38.5 Å². The molecule has 1 aliphatic rings. The van der Waals surface area contributed by atoms with Crippen LogP contribution in [0, 0.1) is 0 Å². The van der Waals surface area contributed by atoms with Crippen molar-refractivity contribution in [1.29, 1.82) is 0 Å². The minimum Gasteiger partial charge on any atom is -0.494 e. The molecule has 2 rings (SSSR count). The molecule has 20 heavy (non-hydrogen) atoms. The lowest BCUT2D eigenvalue weighted by molar-refractivity contribution is -0.0586. The van der Waals surface area contributed by atoms with E-state index in [-0.39, 0.29) is 18.1 Å². The Hall–Kier alpha value is -1.55. The van der Waals surface area contributed by atoms with Gasteiger partial charge in [0.1, 0.15) is 5.75 Å². The number of carbonyl (C=O) groups is 1. The SMILES string of the molecule is CCCOc1cccc(C(=O)N2C[C@@H](C)O[C@@H](C)C2)c1. The Labute approximate surface area is 120 Å². The molecule has 1 aromatic carbocycles. The van der Waals surface area contributed by atoms with Crippen LogP contribution in [-0.2, 0) is 4.74 Å². The zero-order valence-corrected chi connectivity index (χ0v) is 12.5. The Kier molecular flexibility index (Phi) is 5.01. The molecular weight excluding hydrogens is 254 g/mol. The number of hydrogen-bond acceptors (Lipinski definition) is 3. The number of nitrogens with zero attached hydrogens (tertiary/aromatic N) is 1. The lowest BCUT2D eigenvalue weighted by atomic mass is 10.1. The summed E-state index contributed by atoms with van der Waals surface area (Å²) in [4.78, 5) is 14.4. The van der Waals surface area contributed by atoms with Crippen LogP contribution in [0.15, 0.2) is 24.3 Å². The second kappa shape index (κ2) is 6.75. The molecule has 110 valence electrons. The van der Waals surface area contributed by atoms with Gasteiger partial charge in [0.25, 0.3) is 5.91 Å². The van der Waals surface area contributed by atoms with Gasteiger partial charge >= 0.3 is 0 Å². The number of benzene rings is 1. The molecule has 1 aromatic rings. The molecular formula is C16H23NO3. The number of amides is 1. The highest BCUT2D eigenvalue weighted by Gasteiger charge is 2.26. The van der Waals surface area contributed by atoms with Crippen LogP contribution < -0.4 is 4.74 Å². The van der Waals surface area contributed by atoms with E-state index < -0.39 is 0 Å². The van der Waals surface area contributed by atoms with Gasteiger partial charge in [0.2, 0.25) is 0 Å². The topological polar surface area (TPSA) is 38.8 Å². The quantitative estimate of drug-likeness (QED) is 0.849. The number of ether oxygens (including phenoxy) is 2. The number of rotatable bonds is 4. The minimum absolute atomic E-state index is 0.0500. The van der Waals surface area contributed by atoms with Crippen LogP contribution in [0.3, 0.4) is 0 Å². The first-order chi connectivity index (χ1) is 9.60. The summed E-state index contributed by atoms with van der Waals surface area (Å²) in [6.07, 6.45) is 1.13. The number of hydrogen-bond donors (Lipinski definition) is 0. The Bertz CT molecular complexity index is 451. The van der Waals surface area contributed by atoms with Crippen LogP contribution in [0.1, 0.15) is 37.6 Å². The van der Waals surface area contributed by atoms with Gasteiger partial charge < -0.3 is 14.4 Å². The third kappa shape index (κ3) is 3.73. The fourth-order valence-corrected chi connectivity index (χ4v) is 2.47. The van der Waals surface area contributed by atoms with Gasteiger partial charge in [0.15, 0.2) is 0 Å².